The number of thioether (sulfide) groups is 1. The number of hydrogen-bond acceptors (Lipinski definition) is 5. The second-order valence-corrected chi connectivity index (χ2v) is 7.88. The summed E-state index contributed by atoms with van der Waals surface area (Å²) in [4.78, 5) is 9.91. The maximum absolute atomic E-state index is 12.6. The normalized spacial score (nSPS) is 12.0. The molecule has 2 rings (SSSR count). The number of aryl methyl sites for hydroxylation is 1. The predicted octanol–water partition coefficient (Wildman–Crippen LogP) is 4.36. The maximum atomic E-state index is 12.6. The van der Waals surface area contributed by atoms with Gasteiger partial charge in [0.25, 0.3) is 15.7 Å². The number of anilines is 1. The number of alkyl halides is 3. The Morgan fingerprint density at radius 2 is 1.85 bits per heavy atom. The number of nitro benzene ring substituents is 1. The van der Waals surface area contributed by atoms with E-state index in [1.165, 1.54) is 43.3 Å². The summed E-state index contributed by atoms with van der Waals surface area (Å²) in [5, 5.41) is 10.9. The monoisotopic (exact) mass is 406 g/mol. The van der Waals surface area contributed by atoms with Crippen molar-refractivity contribution in [3.63, 3.8) is 0 Å². The molecule has 0 radical (unpaired) electrons. The Labute approximate surface area is 151 Å². The Kier molecular flexibility index (Phi) is 5.81. The smallest absolute Gasteiger partial charge is 0.278 e. The molecule has 2 aromatic rings. The average Bonchev–Trinajstić information content (AvgIpc) is 2.53. The van der Waals surface area contributed by atoms with Crippen LogP contribution >= 0.6 is 11.8 Å². The average molecular weight is 406 g/mol. The summed E-state index contributed by atoms with van der Waals surface area (Å²) in [5.41, 5.74) is -0.174. The lowest BCUT2D eigenvalue weighted by molar-refractivity contribution is -0.385. The van der Waals surface area contributed by atoms with Crippen molar-refractivity contribution in [2.24, 2.45) is 0 Å². The Balaban J connectivity index is 2.36. The van der Waals surface area contributed by atoms with Crippen molar-refractivity contribution in [1.82, 2.24) is 0 Å². The zero-order valence-electron chi connectivity index (χ0n) is 13.3. The first-order chi connectivity index (χ1) is 12.0. The number of nitro groups is 1. The molecule has 0 aliphatic heterocycles. The van der Waals surface area contributed by atoms with E-state index in [0.717, 1.165) is 6.07 Å². The van der Waals surface area contributed by atoms with E-state index < -0.39 is 32.6 Å². The van der Waals surface area contributed by atoms with Crippen molar-refractivity contribution in [3.8, 4) is 0 Å². The zero-order chi connectivity index (χ0) is 19.5. The van der Waals surface area contributed by atoms with E-state index in [1.54, 1.807) is 0 Å². The highest BCUT2D eigenvalue weighted by molar-refractivity contribution is 7.99. The third kappa shape index (κ3) is 5.11. The number of rotatable bonds is 6. The molecule has 1 N–H and O–H groups in total. The minimum Gasteiger partial charge on any atom is -0.278 e. The standard InChI is InChI=1S/C15H13F3N2O4S2/c1-10-6-7-11(20(21)22)8-14(10)26(23,24)19-12-4-2-3-5-13(12)25-9-15(16,17)18/h2-8,19H,9H2,1H3. The summed E-state index contributed by atoms with van der Waals surface area (Å²) < 4.78 is 64.7. The van der Waals surface area contributed by atoms with Crippen LogP contribution in [0.4, 0.5) is 24.5 Å². The summed E-state index contributed by atoms with van der Waals surface area (Å²) in [7, 11) is -4.23. The molecule has 0 aliphatic carbocycles. The Bertz CT molecular complexity index is 931. The van der Waals surface area contributed by atoms with Crippen LogP contribution in [-0.2, 0) is 10.0 Å². The fraction of sp³-hybridized carbons (Fsp3) is 0.200. The fourth-order valence-electron chi connectivity index (χ4n) is 2.03. The van der Waals surface area contributed by atoms with Crippen molar-refractivity contribution < 1.29 is 26.5 Å². The number of sulfonamides is 1. The second-order valence-electron chi connectivity index (χ2n) is 5.21. The Morgan fingerprint density at radius 1 is 1.19 bits per heavy atom. The summed E-state index contributed by atoms with van der Waals surface area (Å²) in [6.45, 7) is 1.46. The van der Waals surface area contributed by atoms with E-state index in [4.69, 9.17) is 0 Å². The molecule has 6 nitrogen and oxygen atoms in total. The SMILES string of the molecule is Cc1ccc([N+](=O)[O-])cc1S(=O)(=O)Nc1ccccc1SCC(F)(F)F. The minimum absolute atomic E-state index is 0.0346. The van der Waals surface area contributed by atoms with Gasteiger partial charge in [0.2, 0.25) is 0 Å². The van der Waals surface area contributed by atoms with E-state index in [0.29, 0.717) is 11.8 Å². The van der Waals surface area contributed by atoms with Crippen molar-refractivity contribution in [2.75, 3.05) is 10.5 Å². The molecule has 2 aromatic carbocycles. The largest absolute Gasteiger partial charge is 0.398 e. The molecule has 0 aromatic heterocycles. The lowest BCUT2D eigenvalue weighted by Gasteiger charge is -2.14. The third-order valence-electron chi connectivity index (χ3n) is 3.19. The number of benzene rings is 2. The van der Waals surface area contributed by atoms with Crippen LogP contribution in [0.5, 0.6) is 0 Å². The molecule has 0 saturated heterocycles. The molecule has 0 spiro atoms. The third-order valence-corrected chi connectivity index (χ3v) is 5.84. The van der Waals surface area contributed by atoms with E-state index in [2.05, 4.69) is 4.72 Å². The predicted molar refractivity (Wildman–Crippen MR) is 91.9 cm³/mol. The molecule has 0 unspecified atom stereocenters. The minimum atomic E-state index is -4.41. The summed E-state index contributed by atoms with van der Waals surface area (Å²) >= 11 is 0.442. The highest BCUT2D eigenvalue weighted by Gasteiger charge is 2.28. The number of non-ortho nitro benzene ring substituents is 1. The molecular weight excluding hydrogens is 393 g/mol. The van der Waals surface area contributed by atoms with Gasteiger partial charge in [-0.2, -0.15) is 13.2 Å². The van der Waals surface area contributed by atoms with Crippen molar-refractivity contribution in [2.45, 2.75) is 22.9 Å². The number of para-hydroxylation sites is 1. The molecule has 0 atom stereocenters. The molecule has 0 heterocycles. The molecule has 0 bridgehead atoms. The van der Waals surface area contributed by atoms with Gasteiger partial charge in [0.1, 0.15) is 0 Å². The van der Waals surface area contributed by atoms with E-state index >= 15 is 0 Å². The molecule has 0 fully saturated rings. The highest BCUT2D eigenvalue weighted by Crippen LogP contribution is 2.33. The van der Waals surface area contributed by atoms with Crippen molar-refractivity contribution in [1.29, 1.82) is 0 Å². The van der Waals surface area contributed by atoms with Gasteiger partial charge in [-0.15, -0.1) is 11.8 Å². The van der Waals surface area contributed by atoms with Gasteiger partial charge in [0.15, 0.2) is 0 Å². The lowest BCUT2D eigenvalue weighted by Crippen LogP contribution is -2.16. The van der Waals surface area contributed by atoms with Gasteiger partial charge in [0, 0.05) is 17.0 Å². The van der Waals surface area contributed by atoms with Crippen LogP contribution in [0.2, 0.25) is 0 Å². The van der Waals surface area contributed by atoms with Gasteiger partial charge < -0.3 is 0 Å². The summed E-state index contributed by atoms with van der Waals surface area (Å²) in [5.74, 6) is -1.18. The van der Waals surface area contributed by atoms with E-state index in [9.17, 15) is 31.7 Å². The molecule has 0 saturated carbocycles. The van der Waals surface area contributed by atoms with Gasteiger partial charge in [-0.05, 0) is 24.6 Å². The number of halogens is 3. The van der Waals surface area contributed by atoms with Gasteiger partial charge in [-0.3, -0.25) is 14.8 Å². The van der Waals surface area contributed by atoms with Crippen molar-refractivity contribution >= 4 is 33.2 Å². The van der Waals surface area contributed by atoms with Crippen LogP contribution in [0.1, 0.15) is 5.56 Å². The summed E-state index contributed by atoms with van der Waals surface area (Å²) in [6.07, 6.45) is -4.41. The Hall–Kier alpha value is -2.27. The molecule has 0 aliphatic rings. The molecule has 0 amide bonds. The van der Waals surface area contributed by atoms with Gasteiger partial charge in [-0.25, -0.2) is 8.42 Å². The zero-order valence-corrected chi connectivity index (χ0v) is 14.9. The van der Waals surface area contributed by atoms with Crippen LogP contribution in [0, 0.1) is 17.0 Å². The first kappa shape index (κ1) is 20.0. The number of hydrogen-bond donors (Lipinski definition) is 1. The Morgan fingerprint density at radius 3 is 2.46 bits per heavy atom. The first-order valence-corrected chi connectivity index (χ1v) is 9.53. The van der Waals surface area contributed by atoms with Crippen LogP contribution in [-0.4, -0.2) is 25.3 Å². The topological polar surface area (TPSA) is 89.3 Å². The van der Waals surface area contributed by atoms with Crippen LogP contribution in [0.15, 0.2) is 52.3 Å². The molecule has 11 heteroatoms. The molecule has 26 heavy (non-hydrogen) atoms. The van der Waals surface area contributed by atoms with Gasteiger partial charge >= 0.3 is 6.18 Å². The molecular formula is C15H13F3N2O4S2. The van der Waals surface area contributed by atoms with Crippen LogP contribution in [0.3, 0.4) is 0 Å². The van der Waals surface area contributed by atoms with Crippen LogP contribution in [0.25, 0.3) is 0 Å². The second kappa shape index (κ2) is 7.54. The number of nitrogens with one attached hydrogen (secondary N) is 1. The fourth-order valence-corrected chi connectivity index (χ4v) is 4.21. The summed E-state index contributed by atoms with van der Waals surface area (Å²) in [6, 6.07) is 8.99. The maximum Gasteiger partial charge on any atom is 0.398 e. The van der Waals surface area contributed by atoms with Gasteiger partial charge in [0.05, 0.1) is 21.3 Å². The highest BCUT2D eigenvalue weighted by atomic mass is 32.2. The quantitative estimate of drug-likeness (QED) is 0.437. The number of nitrogens with zero attached hydrogens (tertiary/aromatic N) is 1. The molecule has 140 valence electrons. The van der Waals surface area contributed by atoms with E-state index in [1.807, 2.05) is 0 Å². The van der Waals surface area contributed by atoms with Crippen molar-refractivity contribution in [3.05, 3.63) is 58.1 Å². The lowest BCUT2D eigenvalue weighted by atomic mass is 10.2. The first-order valence-electron chi connectivity index (χ1n) is 7.06. The van der Waals surface area contributed by atoms with Crippen LogP contribution < -0.4 is 4.72 Å². The van der Waals surface area contributed by atoms with E-state index in [-0.39, 0.29) is 21.0 Å². The van der Waals surface area contributed by atoms with Gasteiger partial charge in [-0.1, -0.05) is 18.2 Å².